The highest BCUT2D eigenvalue weighted by Crippen LogP contribution is 2.34. The van der Waals surface area contributed by atoms with Gasteiger partial charge in [-0.05, 0) is 78.3 Å². The molecule has 0 amide bonds. The van der Waals surface area contributed by atoms with Gasteiger partial charge in [-0.2, -0.15) is 5.26 Å². The number of nitrogens with one attached hydrogen (secondary N) is 5. The van der Waals surface area contributed by atoms with Crippen molar-refractivity contribution in [2.75, 3.05) is 18.9 Å². The molecule has 0 unspecified atom stereocenters. The van der Waals surface area contributed by atoms with Gasteiger partial charge in [-0.1, -0.05) is 6.08 Å². The molecule has 0 radical (unpaired) electrons. The first-order valence-electron chi connectivity index (χ1n) is 12.3. The summed E-state index contributed by atoms with van der Waals surface area (Å²) in [5, 5.41) is 25.9. The van der Waals surface area contributed by atoms with E-state index in [4.69, 9.17) is 10.7 Å². The van der Waals surface area contributed by atoms with E-state index < -0.39 is 0 Å². The summed E-state index contributed by atoms with van der Waals surface area (Å²) in [7, 11) is 1.83. The molecule has 3 rings (SSSR count). The van der Waals surface area contributed by atoms with Gasteiger partial charge in [0, 0.05) is 52.8 Å². The quantitative estimate of drug-likeness (QED) is 0.208. The van der Waals surface area contributed by atoms with Crippen molar-refractivity contribution in [3.05, 3.63) is 62.2 Å². The molecular formula is C28H39N7O2. The molecule has 0 atom stereocenters. The Balaban J connectivity index is 0.000000335. The zero-order valence-corrected chi connectivity index (χ0v) is 22.9. The van der Waals surface area contributed by atoms with E-state index in [1.807, 2.05) is 27.0 Å². The molecule has 5 N–H and O–H groups in total. The number of aromatic nitrogens is 2. The average Bonchev–Trinajstić information content (AvgIpc) is 2.79. The summed E-state index contributed by atoms with van der Waals surface area (Å²) in [5.41, 5.74) is 5.19. The molecule has 0 aromatic carbocycles. The summed E-state index contributed by atoms with van der Waals surface area (Å²) in [6, 6.07) is 5.79. The van der Waals surface area contributed by atoms with Crippen LogP contribution in [0.15, 0.2) is 23.0 Å². The zero-order valence-electron chi connectivity index (χ0n) is 22.9. The molecule has 0 aliphatic carbocycles. The van der Waals surface area contributed by atoms with Crippen LogP contribution in [0.3, 0.4) is 0 Å². The number of aromatic amines is 1. The van der Waals surface area contributed by atoms with Crippen LogP contribution in [0.2, 0.25) is 0 Å². The molecule has 2 aromatic rings. The highest BCUT2D eigenvalue weighted by atomic mass is 16.1. The van der Waals surface area contributed by atoms with Crippen LogP contribution in [-0.2, 0) is 6.54 Å². The minimum absolute atomic E-state index is 0.0156. The van der Waals surface area contributed by atoms with E-state index in [1.165, 1.54) is 0 Å². The number of carbonyl (C=O) groups is 1. The molecule has 37 heavy (non-hydrogen) atoms. The van der Waals surface area contributed by atoms with Crippen LogP contribution >= 0.6 is 0 Å². The smallest absolute Gasteiger partial charge is 0.252 e. The maximum absolute atomic E-state index is 11.5. The molecule has 9 heteroatoms. The van der Waals surface area contributed by atoms with Crippen LogP contribution in [0.25, 0.3) is 5.57 Å². The lowest BCUT2D eigenvalue weighted by Gasteiger charge is -2.41. The molecule has 1 aliphatic heterocycles. The number of H-pyrrole nitrogens is 1. The second kappa shape index (κ2) is 12.6. The Labute approximate surface area is 219 Å². The third-order valence-corrected chi connectivity index (χ3v) is 5.90. The van der Waals surface area contributed by atoms with Gasteiger partial charge in [0.05, 0.1) is 18.2 Å². The second-order valence-corrected chi connectivity index (χ2v) is 10.5. The van der Waals surface area contributed by atoms with Crippen molar-refractivity contribution >= 4 is 23.9 Å². The largest absolute Gasteiger partial charge is 0.368 e. The number of hydrogen-bond donors (Lipinski definition) is 5. The van der Waals surface area contributed by atoms with Gasteiger partial charge in [-0.25, -0.2) is 4.98 Å². The first kappa shape index (κ1) is 29.6. The minimum Gasteiger partial charge on any atom is -0.368 e. The molecule has 2 aromatic heterocycles. The van der Waals surface area contributed by atoms with Crippen LogP contribution in [0.1, 0.15) is 79.0 Å². The number of pyridine rings is 2. The number of aldehydes is 1. The van der Waals surface area contributed by atoms with Crippen molar-refractivity contribution in [3.63, 3.8) is 0 Å². The molecule has 198 valence electrons. The monoisotopic (exact) mass is 505 g/mol. The Morgan fingerprint density at radius 1 is 1.24 bits per heavy atom. The molecule has 0 saturated heterocycles. The molecule has 9 nitrogen and oxygen atoms in total. The lowest BCUT2D eigenvalue weighted by molar-refractivity contribution is 0.112. The fraction of sp³-hybridized carbons (Fsp3) is 0.464. The lowest BCUT2D eigenvalue weighted by atomic mass is 9.82. The van der Waals surface area contributed by atoms with Crippen LogP contribution in [0.5, 0.6) is 0 Å². The third kappa shape index (κ3) is 8.20. The Morgan fingerprint density at radius 2 is 1.95 bits per heavy atom. The normalized spacial score (nSPS) is 15.5. The maximum Gasteiger partial charge on any atom is 0.252 e. The van der Waals surface area contributed by atoms with Gasteiger partial charge in [-0.3, -0.25) is 9.59 Å². The Hall–Kier alpha value is -3.61. The maximum atomic E-state index is 11.5. The van der Waals surface area contributed by atoms with Crippen molar-refractivity contribution in [2.24, 2.45) is 0 Å². The van der Waals surface area contributed by atoms with Gasteiger partial charge in [0.15, 0.2) is 6.29 Å². The Morgan fingerprint density at radius 3 is 2.49 bits per heavy atom. The fourth-order valence-corrected chi connectivity index (χ4v) is 4.72. The highest BCUT2D eigenvalue weighted by Gasteiger charge is 2.33. The van der Waals surface area contributed by atoms with E-state index >= 15 is 0 Å². The van der Waals surface area contributed by atoms with Crippen molar-refractivity contribution in [1.82, 2.24) is 20.6 Å². The van der Waals surface area contributed by atoms with E-state index in [0.29, 0.717) is 36.5 Å². The molecule has 0 fully saturated rings. The fourth-order valence-electron chi connectivity index (χ4n) is 4.72. The molecule has 3 heterocycles. The summed E-state index contributed by atoms with van der Waals surface area (Å²) in [4.78, 5) is 30.3. The van der Waals surface area contributed by atoms with E-state index in [2.05, 4.69) is 65.8 Å². The van der Waals surface area contributed by atoms with E-state index in [0.717, 1.165) is 47.0 Å². The van der Waals surface area contributed by atoms with Gasteiger partial charge in [0.2, 0.25) is 0 Å². The number of anilines is 1. The second-order valence-electron chi connectivity index (χ2n) is 10.5. The molecule has 0 spiro atoms. The summed E-state index contributed by atoms with van der Waals surface area (Å²) < 4.78 is 0. The number of nitrogens with zero attached hydrogens (tertiary/aromatic N) is 2. The van der Waals surface area contributed by atoms with Gasteiger partial charge in [0.25, 0.3) is 5.56 Å². The Bertz CT molecular complexity index is 1270. The predicted octanol–water partition coefficient (Wildman–Crippen LogP) is 3.86. The standard InChI is InChI=1S/C19H25N5O.C9H14N2O/c1-18(2)9-14(10-19(3,4)24-18)16-8-13(12-25)15(11-21)17(23-16)22-7-5-6-20;1-6-4-7(2)11-9(12)8(6)5-10-3/h8-9,11-12,21,24H,5,7,10H2,1-4H3,(H,22,23);4,10H,5H2,1-3H3,(H,11,12). The van der Waals surface area contributed by atoms with Gasteiger partial charge < -0.3 is 26.3 Å². The van der Waals surface area contributed by atoms with Crippen molar-refractivity contribution in [2.45, 2.75) is 72.0 Å². The number of nitriles is 1. The average molecular weight is 506 g/mol. The lowest BCUT2D eigenvalue weighted by Crippen LogP contribution is -2.53. The van der Waals surface area contributed by atoms with Crippen molar-refractivity contribution in [3.8, 4) is 6.07 Å². The van der Waals surface area contributed by atoms with Crippen molar-refractivity contribution < 1.29 is 4.79 Å². The van der Waals surface area contributed by atoms with E-state index in [9.17, 15) is 9.59 Å². The van der Waals surface area contributed by atoms with Crippen LogP contribution in [-0.4, -0.2) is 47.1 Å². The molecule has 0 saturated carbocycles. The minimum atomic E-state index is -0.186. The summed E-state index contributed by atoms with van der Waals surface area (Å²) in [5.74, 6) is 0.472. The molecular weight excluding hydrogens is 466 g/mol. The number of carbonyl (C=O) groups excluding carboxylic acids is 1. The first-order valence-corrected chi connectivity index (χ1v) is 12.3. The highest BCUT2D eigenvalue weighted by molar-refractivity contribution is 5.96. The molecule has 0 bridgehead atoms. The van der Waals surface area contributed by atoms with Gasteiger partial charge >= 0.3 is 0 Å². The number of hydrogen-bond acceptors (Lipinski definition) is 8. The summed E-state index contributed by atoms with van der Waals surface area (Å²) >= 11 is 0. The molecule has 1 aliphatic rings. The summed E-state index contributed by atoms with van der Waals surface area (Å²) in [6.07, 6.45) is 5.12. The van der Waals surface area contributed by atoms with Crippen molar-refractivity contribution in [1.29, 1.82) is 10.7 Å². The third-order valence-electron chi connectivity index (χ3n) is 5.90. The first-order chi connectivity index (χ1) is 17.4. The summed E-state index contributed by atoms with van der Waals surface area (Å²) in [6.45, 7) is 13.4. The van der Waals surface area contributed by atoms with Gasteiger partial charge in [-0.15, -0.1) is 0 Å². The van der Waals surface area contributed by atoms with Crippen LogP contribution in [0.4, 0.5) is 5.82 Å². The van der Waals surface area contributed by atoms with Gasteiger partial charge in [0.1, 0.15) is 5.82 Å². The topological polar surface area (TPSA) is 147 Å². The Kier molecular flexibility index (Phi) is 10.1. The van der Waals surface area contributed by atoms with E-state index in [1.54, 1.807) is 6.07 Å². The van der Waals surface area contributed by atoms with E-state index in [-0.39, 0.29) is 16.6 Å². The predicted molar refractivity (Wildman–Crippen MR) is 149 cm³/mol. The van der Waals surface area contributed by atoms with Crippen LogP contribution in [0, 0.1) is 30.6 Å². The number of aryl methyl sites for hydroxylation is 2. The zero-order chi connectivity index (χ0) is 27.8. The number of rotatable bonds is 8. The van der Waals surface area contributed by atoms with Crippen LogP contribution < -0.4 is 21.5 Å². The SMILES string of the molecule is CC1(C)C=C(c2cc(C=O)c(C=N)c(NCCC#N)n2)CC(C)(C)N1.CNCc1c(C)cc(C)[nH]c1=O.